The second-order valence-electron chi connectivity index (χ2n) is 5.00. The van der Waals surface area contributed by atoms with Crippen molar-refractivity contribution in [2.24, 2.45) is 23.7 Å². The van der Waals surface area contributed by atoms with E-state index >= 15 is 0 Å². The molecule has 1 nitrogen and oxygen atoms in total. The molecule has 3 saturated carbocycles. The quantitative estimate of drug-likeness (QED) is 0.591. The zero-order valence-electron chi connectivity index (χ0n) is 8.11. The molecule has 13 heavy (non-hydrogen) atoms. The average molecular weight is 178 g/mol. The zero-order chi connectivity index (χ0) is 8.84. The molecule has 0 heterocycles. The Morgan fingerprint density at radius 1 is 1.08 bits per heavy atom. The first-order valence-electron chi connectivity index (χ1n) is 5.66. The van der Waals surface area contributed by atoms with Gasteiger partial charge in [0.05, 0.1) is 6.26 Å². The smallest absolute Gasteiger partial charge is 0.101 e. The molecule has 0 radical (unpaired) electrons. The highest BCUT2D eigenvalue weighted by molar-refractivity contribution is 5.03. The van der Waals surface area contributed by atoms with Gasteiger partial charge in [-0.15, -0.1) is 0 Å². The topological polar surface area (TPSA) is 9.23 Å². The van der Waals surface area contributed by atoms with E-state index in [1.807, 2.05) is 0 Å². The van der Waals surface area contributed by atoms with E-state index in [0.717, 1.165) is 23.7 Å². The molecule has 0 aliphatic heterocycles. The van der Waals surface area contributed by atoms with Crippen LogP contribution in [0.25, 0.3) is 0 Å². The van der Waals surface area contributed by atoms with Crippen molar-refractivity contribution in [2.75, 3.05) is 0 Å². The molecule has 3 rings (SSSR count). The van der Waals surface area contributed by atoms with Crippen LogP contribution in [0.3, 0.4) is 0 Å². The largest absolute Gasteiger partial charge is 0.498 e. The summed E-state index contributed by atoms with van der Waals surface area (Å²) in [5.74, 6) is 3.98. The van der Waals surface area contributed by atoms with Crippen LogP contribution in [0.1, 0.15) is 32.1 Å². The maximum atomic E-state index is 5.61. The highest BCUT2D eigenvalue weighted by Gasteiger charge is 2.54. The van der Waals surface area contributed by atoms with Gasteiger partial charge in [-0.05, 0) is 49.4 Å². The Kier molecular flexibility index (Phi) is 1.68. The van der Waals surface area contributed by atoms with Crippen LogP contribution >= 0.6 is 0 Å². The third-order valence-electron chi connectivity index (χ3n) is 4.64. The summed E-state index contributed by atoms with van der Waals surface area (Å²) in [7, 11) is 0. The van der Waals surface area contributed by atoms with E-state index in [0.29, 0.717) is 6.10 Å². The van der Waals surface area contributed by atoms with E-state index in [9.17, 15) is 0 Å². The van der Waals surface area contributed by atoms with Gasteiger partial charge in [0, 0.05) is 0 Å². The van der Waals surface area contributed by atoms with Gasteiger partial charge in [0.15, 0.2) is 0 Å². The summed E-state index contributed by atoms with van der Waals surface area (Å²) in [5.41, 5.74) is 0. The molecule has 72 valence electrons. The second kappa shape index (κ2) is 2.76. The summed E-state index contributed by atoms with van der Waals surface area (Å²) in [5, 5.41) is 0. The van der Waals surface area contributed by atoms with E-state index in [1.54, 1.807) is 6.26 Å². The lowest BCUT2D eigenvalue weighted by Crippen LogP contribution is -2.29. The van der Waals surface area contributed by atoms with Crippen LogP contribution in [0, 0.1) is 23.7 Å². The van der Waals surface area contributed by atoms with Gasteiger partial charge in [-0.2, -0.15) is 0 Å². The molecule has 5 atom stereocenters. The predicted molar refractivity (Wildman–Crippen MR) is 52.1 cm³/mol. The fraction of sp³-hybridized carbons (Fsp3) is 0.833. The van der Waals surface area contributed by atoms with E-state index in [4.69, 9.17) is 4.74 Å². The summed E-state index contributed by atoms with van der Waals surface area (Å²) < 4.78 is 5.61. The molecular formula is C12H18O. The maximum absolute atomic E-state index is 5.61. The zero-order valence-corrected chi connectivity index (χ0v) is 8.11. The molecule has 0 N–H and O–H groups in total. The molecule has 0 aromatic rings. The van der Waals surface area contributed by atoms with Crippen LogP contribution in [0.5, 0.6) is 0 Å². The lowest BCUT2D eigenvalue weighted by Gasteiger charge is -2.30. The van der Waals surface area contributed by atoms with Gasteiger partial charge >= 0.3 is 0 Å². The molecule has 0 aromatic carbocycles. The van der Waals surface area contributed by atoms with Crippen LogP contribution in [0.2, 0.25) is 0 Å². The highest BCUT2D eigenvalue weighted by atomic mass is 16.5. The fourth-order valence-corrected chi connectivity index (χ4v) is 4.29. The molecule has 0 unspecified atom stereocenters. The molecule has 3 aliphatic rings. The van der Waals surface area contributed by atoms with Gasteiger partial charge < -0.3 is 4.74 Å². The molecule has 2 bridgehead atoms. The van der Waals surface area contributed by atoms with Crippen LogP contribution in [0.15, 0.2) is 12.8 Å². The minimum Gasteiger partial charge on any atom is -0.498 e. The lowest BCUT2D eigenvalue weighted by atomic mass is 9.80. The van der Waals surface area contributed by atoms with Crippen LogP contribution in [-0.2, 0) is 4.74 Å². The van der Waals surface area contributed by atoms with E-state index in [2.05, 4.69) is 6.58 Å². The minimum absolute atomic E-state index is 0.529. The summed E-state index contributed by atoms with van der Waals surface area (Å²) >= 11 is 0. The van der Waals surface area contributed by atoms with Crippen LogP contribution in [0.4, 0.5) is 0 Å². The number of rotatable bonds is 2. The molecule has 1 heteroatoms. The predicted octanol–water partition coefficient (Wildman–Crippen LogP) is 2.97. The van der Waals surface area contributed by atoms with Crippen molar-refractivity contribution in [3.05, 3.63) is 12.8 Å². The normalized spacial score (nSPS) is 52.2. The first kappa shape index (κ1) is 7.90. The Labute approximate surface area is 80.2 Å². The Morgan fingerprint density at radius 2 is 1.92 bits per heavy atom. The standard InChI is InChI=1S/C12H18O/c1-2-13-12-7-8-6-11(12)10-5-3-4-9(8)10/h2,8-12H,1,3-7H2/t8-,9-,10-,11-,12+/m0/s1. The van der Waals surface area contributed by atoms with Crippen LogP contribution in [-0.4, -0.2) is 6.10 Å². The van der Waals surface area contributed by atoms with Gasteiger partial charge in [0.1, 0.15) is 6.10 Å². The number of ether oxygens (including phenoxy) is 1. The average Bonchev–Trinajstić information content (AvgIpc) is 2.72. The molecule has 0 amide bonds. The molecule has 0 saturated heterocycles. The number of fused-ring (bicyclic) bond motifs is 5. The van der Waals surface area contributed by atoms with E-state index in [-0.39, 0.29) is 0 Å². The summed E-state index contributed by atoms with van der Waals surface area (Å²) in [6.07, 6.45) is 9.40. The van der Waals surface area contributed by atoms with Crippen molar-refractivity contribution in [3.63, 3.8) is 0 Å². The van der Waals surface area contributed by atoms with Gasteiger partial charge in [-0.25, -0.2) is 0 Å². The van der Waals surface area contributed by atoms with Gasteiger partial charge in [0.2, 0.25) is 0 Å². The Morgan fingerprint density at radius 3 is 2.77 bits per heavy atom. The lowest BCUT2D eigenvalue weighted by molar-refractivity contribution is 0.0492. The molecule has 3 aliphatic carbocycles. The highest BCUT2D eigenvalue weighted by Crippen LogP contribution is 2.59. The molecule has 0 spiro atoms. The first-order chi connectivity index (χ1) is 6.40. The SMILES string of the molecule is C=CO[C@@H]1C[C@@H]2C[C@H]1[C@H]1CCC[C@@H]21. The van der Waals surface area contributed by atoms with Crippen molar-refractivity contribution < 1.29 is 4.74 Å². The first-order valence-corrected chi connectivity index (χ1v) is 5.66. The Balaban J connectivity index is 1.77. The van der Waals surface area contributed by atoms with Crippen LogP contribution < -0.4 is 0 Å². The third-order valence-corrected chi connectivity index (χ3v) is 4.64. The van der Waals surface area contributed by atoms with Gasteiger partial charge in [-0.3, -0.25) is 0 Å². The molecular weight excluding hydrogens is 160 g/mol. The second-order valence-corrected chi connectivity index (χ2v) is 5.00. The van der Waals surface area contributed by atoms with E-state index in [1.165, 1.54) is 32.1 Å². The van der Waals surface area contributed by atoms with Crippen molar-refractivity contribution >= 4 is 0 Å². The monoisotopic (exact) mass is 178 g/mol. The van der Waals surface area contributed by atoms with Crippen molar-refractivity contribution in [2.45, 2.75) is 38.2 Å². The van der Waals surface area contributed by atoms with Gasteiger partial charge in [-0.1, -0.05) is 13.0 Å². The Bertz CT molecular complexity index is 223. The van der Waals surface area contributed by atoms with Crippen molar-refractivity contribution in [3.8, 4) is 0 Å². The summed E-state index contributed by atoms with van der Waals surface area (Å²) in [6, 6.07) is 0. The Hall–Kier alpha value is -0.460. The van der Waals surface area contributed by atoms with Gasteiger partial charge in [0.25, 0.3) is 0 Å². The molecule has 3 fully saturated rings. The summed E-state index contributed by atoms with van der Waals surface area (Å²) in [4.78, 5) is 0. The maximum Gasteiger partial charge on any atom is 0.101 e. The van der Waals surface area contributed by atoms with Crippen molar-refractivity contribution in [1.82, 2.24) is 0 Å². The summed E-state index contributed by atoms with van der Waals surface area (Å²) in [6.45, 7) is 3.67. The van der Waals surface area contributed by atoms with E-state index < -0.39 is 0 Å². The fourth-order valence-electron chi connectivity index (χ4n) is 4.29. The third kappa shape index (κ3) is 0.992. The minimum atomic E-state index is 0.529. The number of hydrogen-bond donors (Lipinski definition) is 0. The number of hydrogen-bond acceptors (Lipinski definition) is 1. The molecule has 0 aromatic heterocycles. The van der Waals surface area contributed by atoms with Crippen molar-refractivity contribution in [1.29, 1.82) is 0 Å².